The summed E-state index contributed by atoms with van der Waals surface area (Å²) >= 11 is 0. The SMILES string of the molecule is CC1(C)O[C@H]([C@@H](O)CCc2ccccc2)[C@H](C(F)(F)F)O1. The second-order valence-electron chi connectivity index (χ2n) is 5.65. The molecule has 0 saturated carbocycles. The zero-order valence-corrected chi connectivity index (χ0v) is 11.9. The predicted molar refractivity (Wildman–Crippen MR) is 70.6 cm³/mol. The number of hydrogen-bond acceptors (Lipinski definition) is 3. The van der Waals surface area contributed by atoms with Crippen LogP contribution in [0, 0.1) is 0 Å². The van der Waals surface area contributed by atoms with Crippen molar-refractivity contribution in [1.82, 2.24) is 0 Å². The number of ether oxygens (including phenoxy) is 2. The van der Waals surface area contributed by atoms with Crippen molar-refractivity contribution in [2.75, 3.05) is 0 Å². The maximum absolute atomic E-state index is 13.0. The zero-order chi connectivity index (χ0) is 15.7. The van der Waals surface area contributed by atoms with Crippen molar-refractivity contribution < 1.29 is 27.8 Å². The van der Waals surface area contributed by atoms with E-state index >= 15 is 0 Å². The minimum absolute atomic E-state index is 0.181. The molecule has 1 fully saturated rings. The van der Waals surface area contributed by atoms with Crippen LogP contribution in [0.5, 0.6) is 0 Å². The Morgan fingerprint density at radius 3 is 2.38 bits per heavy atom. The Bertz CT molecular complexity index is 459. The molecule has 1 N–H and O–H groups in total. The molecular weight excluding hydrogens is 285 g/mol. The summed E-state index contributed by atoms with van der Waals surface area (Å²) in [5, 5.41) is 10.1. The summed E-state index contributed by atoms with van der Waals surface area (Å²) in [4.78, 5) is 0. The normalized spacial score (nSPS) is 26.8. The topological polar surface area (TPSA) is 38.7 Å². The van der Waals surface area contributed by atoms with E-state index in [0.717, 1.165) is 5.56 Å². The second kappa shape index (κ2) is 5.94. The number of aliphatic hydroxyl groups excluding tert-OH is 1. The van der Waals surface area contributed by atoms with Crippen LogP contribution in [0.25, 0.3) is 0 Å². The molecule has 0 amide bonds. The van der Waals surface area contributed by atoms with E-state index in [2.05, 4.69) is 0 Å². The van der Waals surface area contributed by atoms with Crippen molar-refractivity contribution in [3.63, 3.8) is 0 Å². The van der Waals surface area contributed by atoms with Gasteiger partial charge in [0, 0.05) is 0 Å². The summed E-state index contributed by atoms with van der Waals surface area (Å²) in [6, 6.07) is 9.28. The fourth-order valence-electron chi connectivity index (χ4n) is 2.45. The van der Waals surface area contributed by atoms with E-state index in [-0.39, 0.29) is 6.42 Å². The average Bonchev–Trinajstić information content (AvgIpc) is 2.73. The summed E-state index contributed by atoms with van der Waals surface area (Å²) in [5.74, 6) is -1.35. The third-order valence-corrected chi connectivity index (χ3v) is 3.40. The molecule has 2 rings (SSSR count). The molecule has 1 heterocycles. The third-order valence-electron chi connectivity index (χ3n) is 3.40. The van der Waals surface area contributed by atoms with Gasteiger partial charge in [-0.25, -0.2) is 0 Å². The van der Waals surface area contributed by atoms with Crippen LogP contribution >= 0.6 is 0 Å². The smallest absolute Gasteiger partial charge is 0.390 e. The van der Waals surface area contributed by atoms with Crippen LogP contribution in [-0.2, 0) is 15.9 Å². The number of aryl methyl sites for hydroxylation is 1. The largest absolute Gasteiger partial charge is 0.417 e. The molecule has 0 unspecified atom stereocenters. The maximum atomic E-state index is 13.0. The van der Waals surface area contributed by atoms with Gasteiger partial charge in [-0.1, -0.05) is 30.3 Å². The molecule has 1 aromatic carbocycles. The summed E-state index contributed by atoms with van der Waals surface area (Å²) < 4.78 is 49.0. The number of alkyl halides is 3. The summed E-state index contributed by atoms with van der Waals surface area (Å²) in [7, 11) is 0. The van der Waals surface area contributed by atoms with Gasteiger partial charge in [-0.05, 0) is 32.3 Å². The Labute approximate surface area is 121 Å². The van der Waals surface area contributed by atoms with Crippen LogP contribution in [0.3, 0.4) is 0 Å². The lowest BCUT2D eigenvalue weighted by Crippen LogP contribution is -2.44. The fraction of sp³-hybridized carbons (Fsp3) is 0.600. The summed E-state index contributed by atoms with van der Waals surface area (Å²) in [5.41, 5.74) is 0.957. The van der Waals surface area contributed by atoms with Crippen molar-refractivity contribution in [3.05, 3.63) is 35.9 Å². The van der Waals surface area contributed by atoms with E-state index in [1.807, 2.05) is 30.3 Å². The fourth-order valence-corrected chi connectivity index (χ4v) is 2.45. The average molecular weight is 304 g/mol. The molecule has 3 nitrogen and oxygen atoms in total. The molecule has 1 aliphatic heterocycles. The molecule has 0 aliphatic carbocycles. The first-order chi connectivity index (χ1) is 9.69. The van der Waals surface area contributed by atoms with Crippen LogP contribution in [0.15, 0.2) is 30.3 Å². The van der Waals surface area contributed by atoms with Crippen LogP contribution in [0.2, 0.25) is 0 Å². The van der Waals surface area contributed by atoms with Gasteiger partial charge < -0.3 is 14.6 Å². The Balaban J connectivity index is 2.01. The van der Waals surface area contributed by atoms with Crippen molar-refractivity contribution in [2.24, 2.45) is 0 Å². The van der Waals surface area contributed by atoms with Gasteiger partial charge in [-0.2, -0.15) is 13.2 Å². The highest BCUT2D eigenvalue weighted by Crippen LogP contribution is 2.39. The number of halogens is 3. The number of benzene rings is 1. The molecule has 118 valence electrons. The van der Waals surface area contributed by atoms with Gasteiger partial charge in [-0.3, -0.25) is 0 Å². The van der Waals surface area contributed by atoms with Crippen LogP contribution in [-0.4, -0.2) is 35.4 Å². The van der Waals surface area contributed by atoms with Gasteiger partial charge in [0.25, 0.3) is 0 Å². The molecule has 1 aliphatic rings. The highest BCUT2D eigenvalue weighted by atomic mass is 19.4. The highest BCUT2D eigenvalue weighted by molar-refractivity contribution is 5.14. The molecule has 6 heteroatoms. The Morgan fingerprint density at radius 2 is 1.81 bits per heavy atom. The van der Waals surface area contributed by atoms with E-state index in [1.165, 1.54) is 13.8 Å². The minimum Gasteiger partial charge on any atom is -0.390 e. The van der Waals surface area contributed by atoms with Crippen LogP contribution in [0.4, 0.5) is 13.2 Å². The summed E-state index contributed by atoms with van der Waals surface area (Å²) in [6.45, 7) is 2.82. The zero-order valence-electron chi connectivity index (χ0n) is 11.9. The number of hydrogen-bond donors (Lipinski definition) is 1. The first-order valence-corrected chi connectivity index (χ1v) is 6.83. The van der Waals surface area contributed by atoms with Gasteiger partial charge in [0.05, 0.1) is 6.10 Å². The number of rotatable bonds is 4. The van der Waals surface area contributed by atoms with Crippen LogP contribution < -0.4 is 0 Å². The monoisotopic (exact) mass is 304 g/mol. The molecule has 0 spiro atoms. The lowest BCUT2D eigenvalue weighted by atomic mass is 10.0. The molecule has 1 saturated heterocycles. The first-order valence-electron chi connectivity index (χ1n) is 6.83. The van der Waals surface area contributed by atoms with Crippen molar-refractivity contribution in [2.45, 2.75) is 57.0 Å². The van der Waals surface area contributed by atoms with Crippen molar-refractivity contribution in [3.8, 4) is 0 Å². The summed E-state index contributed by atoms with van der Waals surface area (Å²) in [6.07, 6.45) is -8.64. The Hall–Kier alpha value is -1.11. The van der Waals surface area contributed by atoms with Crippen molar-refractivity contribution in [1.29, 1.82) is 0 Å². The van der Waals surface area contributed by atoms with Gasteiger partial charge in [-0.15, -0.1) is 0 Å². The van der Waals surface area contributed by atoms with E-state index in [0.29, 0.717) is 6.42 Å². The molecule has 21 heavy (non-hydrogen) atoms. The lowest BCUT2D eigenvalue weighted by molar-refractivity contribution is -0.235. The molecular formula is C15H19F3O3. The highest BCUT2D eigenvalue weighted by Gasteiger charge is 2.57. The first kappa shape index (κ1) is 16.3. The van der Waals surface area contributed by atoms with E-state index in [1.54, 1.807) is 0 Å². The van der Waals surface area contributed by atoms with Crippen LogP contribution in [0.1, 0.15) is 25.8 Å². The van der Waals surface area contributed by atoms with Crippen molar-refractivity contribution >= 4 is 0 Å². The van der Waals surface area contributed by atoms with Gasteiger partial charge in [0.2, 0.25) is 0 Å². The molecule has 0 bridgehead atoms. The lowest BCUT2D eigenvalue weighted by Gasteiger charge is -2.23. The van der Waals surface area contributed by atoms with Gasteiger partial charge >= 0.3 is 6.18 Å². The quantitative estimate of drug-likeness (QED) is 0.929. The van der Waals surface area contributed by atoms with E-state index in [9.17, 15) is 18.3 Å². The van der Waals surface area contributed by atoms with E-state index < -0.39 is 30.3 Å². The number of aliphatic hydroxyl groups is 1. The predicted octanol–water partition coefficient (Wildman–Crippen LogP) is 3.06. The molecule has 1 aromatic rings. The Kier molecular flexibility index (Phi) is 4.60. The molecule has 0 aromatic heterocycles. The minimum atomic E-state index is -4.56. The molecule has 0 radical (unpaired) electrons. The maximum Gasteiger partial charge on any atom is 0.417 e. The van der Waals surface area contributed by atoms with E-state index in [4.69, 9.17) is 9.47 Å². The van der Waals surface area contributed by atoms with Gasteiger partial charge in [0.1, 0.15) is 6.10 Å². The Morgan fingerprint density at radius 1 is 1.19 bits per heavy atom. The standard InChI is InChI=1S/C15H19F3O3/c1-14(2)20-12(13(21-14)15(16,17)18)11(19)9-8-10-6-4-3-5-7-10/h3-7,11-13,19H,8-9H2,1-2H3/t11-,12+,13+/m0/s1. The van der Waals surface area contributed by atoms with Gasteiger partial charge in [0.15, 0.2) is 11.9 Å². The second-order valence-corrected chi connectivity index (χ2v) is 5.65. The third kappa shape index (κ3) is 4.18. The molecule has 3 atom stereocenters.